The van der Waals surface area contributed by atoms with Gasteiger partial charge in [-0.25, -0.2) is 0 Å². The molecule has 0 unspecified atom stereocenters. The number of hydrogen-bond acceptors (Lipinski definition) is 2. The normalized spacial score (nSPS) is 19.7. The molecule has 1 fully saturated rings. The Labute approximate surface area is 100 Å². The minimum Gasteiger partial charge on any atom is -0.352 e. The van der Waals surface area contributed by atoms with E-state index in [-0.39, 0.29) is 5.91 Å². The first-order valence-corrected chi connectivity index (χ1v) is 5.86. The summed E-state index contributed by atoms with van der Waals surface area (Å²) in [5.41, 5.74) is 0.993. The van der Waals surface area contributed by atoms with Crippen LogP contribution in [0.2, 0.25) is 5.02 Å². The quantitative estimate of drug-likeness (QED) is 0.835. The van der Waals surface area contributed by atoms with Crippen LogP contribution in [0.25, 0.3) is 0 Å². The van der Waals surface area contributed by atoms with Gasteiger partial charge in [-0.1, -0.05) is 23.7 Å². The van der Waals surface area contributed by atoms with E-state index >= 15 is 0 Å². The fraction of sp³-hybridized carbons (Fsp3) is 0.417. The molecule has 1 aromatic rings. The fourth-order valence-corrected chi connectivity index (χ4v) is 1.97. The van der Waals surface area contributed by atoms with Crippen molar-refractivity contribution >= 4 is 17.5 Å². The van der Waals surface area contributed by atoms with Gasteiger partial charge < -0.3 is 10.6 Å². The van der Waals surface area contributed by atoms with Crippen LogP contribution in [0.4, 0.5) is 0 Å². The van der Waals surface area contributed by atoms with Gasteiger partial charge in [-0.3, -0.25) is 4.79 Å². The van der Waals surface area contributed by atoms with E-state index in [1.165, 1.54) is 0 Å². The third-order valence-corrected chi connectivity index (χ3v) is 2.96. The molecule has 1 heterocycles. The maximum absolute atomic E-state index is 11.7. The zero-order valence-electron chi connectivity index (χ0n) is 9.00. The molecule has 1 atom stereocenters. The lowest BCUT2D eigenvalue weighted by Gasteiger charge is -2.11. The van der Waals surface area contributed by atoms with Crippen LogP contribution in [0.15, 0.2) is 24.3 Å². The van der Waals surface area contributed by atoms with Crippen molar-refractivity contribution in [2.75, 3.05) is 13.1 Å². The number of hydrogen-bond donors (Lipinski definition) is 2. The summed E-state index contributed by atoms with van der Waals surface area (Å²) >= 11 is 5.78. The molecule has 86 valence electrons. The van der Waals surface area contributed by atoms with Gasteiger partial charge in [0.15, 0.2) is 0 Å². The molecule has 0 saturated carbocycles. The van der Waals surface area contributed by atoms with Gasteiger partial charge in [0.25, 0.3) is 0 Å². The highest BCUT2D eigenvalue weighted by Gasteiger charge is 2.16. The van der Waals surface area contributed by atoms with Gasteiger partial charge in [0.1, 0.15) is 0 Å². The Morgan fingerprint density at radius 3 is 2.81 bits per heavy atom. The fourth-order valence-electron chi connectivity index (χ4n) is 1.84. The maximum Gasteiger partial charge on any atom is 0.224 e. The van der Waals surface area contributed by atoms with E-state index < -0.39 is 0 Å². The molecule has 2 rings (SSSR count). The number of rotatable bonds is 3. The van der Waals surface area contributed by atoms with Crippen molar-refractivity contribution in [2.45, 2.75) is 18.9 Å². The van der Waals surface area contributed by atoms with Crippen LogP contribution in [0.5, 0.6) is 0 Å². The molecule has 1 saturated heterocycles. The van der Waals surface area contributed by atoms with Crippen LogP contribution in [-0.4, -0.2) is 25.0 Å². The molecule has 0 aromatic heterocycles. The predicted octanol–water partition coefficient (Wildman–Crippen LogP) is 1.36. The molecule has 4 heteroatoms. The van der Waals surface area contributed by atoms with Gasteiger partial charge in [0.05, 0.1) is 6.42 Å². The summed E-state index contributed by atoms with van der Waals surface area (Å²) in [4.78, 5) is 11.7. The Balaban J connectivity index is 1.84. The topological polar surface area (TPSA) is 41.1 Å². The lowest BCUT2D eigenvalue weighted by Crippen LogP contribution is -2.37. The van der Waals surface area contributed by atoms with Crippen molar-refractivity contribution in [1.82, 2.24) is 10.6 Å². The lowest BCUT2D eigenvalue weighted by molar-refractivity contribution is -0.121. The first-order chi connectivity index (χ1) is 7.74. The zero-order valence-corrected chi connectivity index (χ0v) is 9.76. The van der Waals surface area contributed by atoms with Gasteiger partial charge in [0, 0.05) is 17.6 Å². The second-order valence-corrected chi connectivity index (χ2v) is 4.50. The Morgan fingerprint density at radius 1 is 1.44 bits per heavy atom. The van der Waals surface area contributed by atoms with Gasteiger partial charge in [-0.15, -0.1) is 0 Å². The van der Waals surface area contributed by atoms with Crippen LogP contribution in [0.3, 0.4) is 0 Å². The highest BCUT2D eigenvalue weighted by atomic mass is 35.5. The molecule has 3 nitrogen and oxygen atoms in total. The van der Waals surface area contributed by atoms with Crippen molar-refractivity contribution in [3.63, 3.8) is 0 Å². The van der Waals surface area contributed by atoms with E-state index in [2.05, 4.69) is 10.6 Å². The Kier molecular flexibility index (Phi) is 3.80. The zero-order chi connectivity index (χ0) is 11.4. The summed E-state index contributed by atoms with van der Waals surface area (Å²) in [5, 5.41) is 6.92. The molecule has 1 aliphatic heterocycles. The van der Waals surface area contributed by atoms with Crippen LogP contribution < -0.4 is 10.6 Å². The smallest absolute Gasteiger partial charge is 0.224 e. The Hall–Kier alpha value is -1.06. The van der Waals surface area contributed by atoms with Crippen molar-refractivity contribution < 1.29 is 4.79 Å². The van der Waals surface area contributed by atoms with Crippen molar-refractivity contribution in [3.8, 4) is 0 Å². The number of amides is 1. The SMILES string of the molecule is O=C(Cc1ccc(Cl)cc1)N[C@H]1CCNC1. The summed E-state index contributed by atoms with van der Waals surface area (Å²) in [6, 6.07) is 7.67. The second kappa shape index (κ2) is 5.32. The maximum atomic E-state index is 11.7. The summed E-state index contributed by atoms with van der Waals surface area (Å²) in [6.45, 7) is 1.87. The van der Waals surface area contributed by atoms with E-state index in [0.717, 1.165) is 25.1 Å². The average Bonchev–Trinajstić information content (AvgIpc) is 2.74. The van der Waals surface area contributed by atoms with Crippen molar-refractivity contribution in [2.24, 2.45) is 0 Å². The molecule has 0 spiro atoms. The number of halogens is 1. The third-order valence-electron chi connectivity index (χ3n) is 2.70. The summed E-state index contributed by atoms with van der Waals surface area (Å²) in [5.74, 6) is 0.0797. The lowest BCUT2D eigenvalue weighted by atomic mass is 10.1. The average molecular weight is 239 g/mol. The van der Waals surface area contributed by atoms with Gasteiger partial charge >= 0.3 is 0 Å². The molecule has 16 heavy (non-hydrogen) atoms. The highest BCUT2D eigenvalue weighted by molar-refractivity contribution is 6.30. The Bertz CT molecular complexity index is 358. The molecule has 2 N–H and O–H groups in total. The second-order valence-electron chi connectivity index (χ2n) is 4.06. The van der Waals surface area contributed by atoms with E-state index in [4.69, 9.17) is 11.6 Å². The molecule has 1 amide bonds. The standard InChI is InChI=1S/C12H15ClN2O/c13-10-3-1-9(2-4-10)7-12(16)15-11-5-6-14-8-11/h1-4,11,14H,5-8H2,(H,15,16)/t11-/m0/s1. The van der Waals surface area contributed by atoms with E-state index in [1.54, 1.807) is 12.1 Å². The predicted molar refractivity (Wildman–Crippen MR) is 64.6 cm³/mol. The summed E-state index contributed by atoms with van der Waals surface area (Å²) in [6.07, 6.45) is 1.44. The van der Waals surface area contributed by atoms with Crippen molar-refractivity contribution in [1.29, 1.82) is 0 Å². The van der Waals surface area contributed by atoms with Gasteiger partial charge in [-0.2, -0.15) is 0 Å². The Morgan fingerprint density at radius 2 is 2.19 bits per heavy atom. The third kappa shape index (κ3) is 3.22. The molecule has 1 aliphatic rings. The van der Waals surface area contributed by atoms with Crippen LogP contribution in [0, 0.1) is 0 Å². The number of benzene rings is 1. The number of nitrogens with one attached hydrogen (secondary N) is 2. The summed E-state index contributed by atoms with van der Waals surface area (Å²) < 4.78 is 0. The summed E-state index contributed by atoms with van der Waals surface area (Å²) in [7, 11) is 0. The van der Waals surface area contributed by atoms with Gasteiger partial charge in [0.2, 0.25) is 5.91 Å². The monoisotopic (exact) mass is 238 g/mol. The number of carbonyl (C=O) groups is 1. The molecule has 0 aliphatic carbocycles. The molecule has 0 radical (unpaired) electrons. The van der Waals surface area contributed by atoms with Crippen LogP contribution in [0.1, 0.15) is 12.0 Å². The number of carbonyl (C=O) groups excluding carboxylic acids is 1. The van der Waals surface area contributed by atoms with E-state index in [0.29, 0.717) is 17.5 Å². The molecular formula is C12H15ClN2O. The molecule has 0 bridgehead atoms. The van der Waals surface area contributed by atoms with Gasteiger partial charge in [-0.05, 0) is 30.7 Å². The van der Waals surface area contributed by atoms with Crippen LogP contribution >= 0.6 is 11.6 Å². The largest absolute Gasteiger partial charge is 0.352 e. The minimum atomic E-state index is 0.0797. The first-order valence-electron chi connectivity index (χ1n) is 5.48. The molecular weight excluding hydrogens is 224 g/mol. The first kappa shape index (κ1) is 11.4. The molecule has 1 aromatic carbocycles. The highest BCUT2D eigenvalue weighted by Crippen LogP contribution is 2.10. The van der Waals surface area contributed by atoms with Crippen molar-refractivity contribution in [3.05, 3.63) is 34.9 Å². The van der Waals surface area contributed by atoms with E-state index in [1.807, 2.05) is 12.1 Å². The van der Waals surface area contributed by atoms with Crippen LogP contribution in [-0.2, 0) is 11.2 Å². The minimum absolute atomic E-state index is 0.0797. The van der Waals surface area contributed by atoms with E-state index in [9.17, 15) is 4.79 Å².